The van der Waals surface area contributed by atoms with Crippen LogP contribution in [0.3, 0.4) is 0 Å². The molecule has 33 heavy (non-hydrogen) atoms. The van der Waals surface area contributed by atoms with Gasteiger partial charge in [-0.3, -0.25) is 14.5 Å². The van der Waals surface area contributed by atoms with E-state index < -0.39 is 17.3 Å². The molecule has 0 atom stereocenters. The largest absolute Gasteiger partial charge is 0.486 e. The molecule has 0 amide bonds. The fourth-order valence-corrected chi connectivity index (χ4v) is 4.40. The molecular formula is C23H24F3N3O4. The smallest absolute Gasteiger partial charge is 0.421 e. The Kier molecular flexibility index (Phi) is 5.64. The maximum atomic E-state index is 13.4. The van der Waals surface area contributed by atoms with E-state index in [2.05, 4.69) is 5.10 Å². The van der Waals surface area contributed by atoms with Crippen molar-refractivity contribution in [2.45, 2.75) is 44.4 Å². The van der Waals surface area contributed by atoms with Crippen LogP contribution in [0.2, 0.25) is 0 Å². The van der Waals surface area contributed by atoms with Crippen molar-refractivity contribution in [3.63, 3.8) is 0 Å². The lowest BCUT2D eigenvalue weighted by Crippen LogP contribution is -2.42. The minimum Gasteiger partial charge on any atom is -0.486 e. The highest BCUT2D eigenvalue weighted by Crippen LogP contribution is 2.40. The van der Waals surface area contributed by atoms with Gasteiger partial charge < -0.3 is 9.47 Å². The second kappa shape index (κ2) is 8.48. The Hall–Kier alpha value is -2.88. The van der Waals surface area contributed by atoms with Crippen LogP contribution < -0.4 is 15.0 Å². The third-order valence-corrected chi connectivity index (χ3v) is 6.41. The molecule has 3 aliphatic rings. The average Bonchev–Trinajstić information content (AvgIpc) is 3.65. The molecule has 2 aromatic rings. The number of ether oxygens (including phenoxy) is 2. The second-order valence-corrected chi connectivity index (χ2v) is 8.82. The number of carbonyl (C=O) groups excluding carboxylic acids is 1. The summed E-state index contributed by atoms with van der Waals surface area (Å²) >= 11 is 0. The topological polar surface area (TPSA) is 73.7 Å². The summed E-state index contributed by atoms with van der Waals surface area (Å²) in [5, 5.41) is 4.22. The summed E-state index contributed by atoms with van der Waals surface area (Å²) < 4.78 is 52.1. The molecule has 0 N–H and O–H groups in total. The third kappa shape index (κ3) is 4.62. The van der Waals surface area contributed by atoms with Gasteiger partial charge in [-0.05, 0) is 49.9 Å². The van der Waals surface area contributed by atoms with Gasteiger partial charge in [0.1, 0.15) is 18.8 Å². The summed E-state index contributed by atoms with van der Waals surface area (Å²) in [4.78, 5) is 27.3. The third-order valence-electron chi connectivity index (χ3n) is 6.41. The van der Waals surface area contributed by atoms with Crippen molar-refractivity contribution in [2.75, 3.05) is 26.3 Å². The van der Waals surface area contributed by atoms with Crippen LogP contribution in [-0.4, -0.2) is 46.8 Å². The number of benzene rings is 1. The molecule has 1 aliphatic carbocycles. The summed E-state index contributed by atoms with van der Waals surface area (Å²) in [5.74, 6) is 0.990. The number of nitrogens with zero attached hydrogens (tertiary/aromatic N) is 3. The predicted molar refractivity (Wildman–Crippen MR) is 112 cm³/mol. The molecule has 0 unspecified atom stereocenters. The first kappa shape index (κ1) is 21.9. The standard InChI is InChI=1S/C23H24F3N3O4/c24-23(25,26)17-12-18(14-1-2-14)27-29(22(17)31)13-28-7-5-15(6-8-28)21(30)16-3-4-19-20(11-16)33-10-9-32-19/h3-4,11-12,14-15H,1-2,5-10,13H2. The molecule has 0 radical (unpaired) electrons. The Morgan fingerprint density at radius 1 is 1.03 bits per heavy atom. The van der Waals surface area contributed by atoms with E-state index in [0.29, 0.717) is 61.9 Å². The Bertz CT molecular complexity index is 1120. The molecule has 5 rings (SSSR count). The summed E-state index contributed by atoms with van der Waals surface area (Å²) in [6, 6.07) is 6.07. The molecule has 176 valence electrons. The zero-order chi connectivity index (χ0) is 23.2. The molecule has 1 saturated carbocycles. The van der Waals surface area contributed by atoms with E-state index in [9.17, 15) is 22.8 Å². The van der Waals surface area contributed by atoms with Crippen molar-refractivity contribution < 1.29 is 27.4 Å². The normalized spacial score (nSPS) is 19.5. The number of hydrogen-bond donors (Lipinski definition) is 0. The van der Waals surface area contributed by atoms with E-state index in [1.165, 1.54) is 0 Å². The molecule has 7 nitrogen and oxygen atoms in total. The van der Waals surface area contributed by atoms with E-state index in [1.807, 2.05) is 4.90 Å². The van der Waals surface area contributed by atoms with Gasteiger partial charge in [-0.2, -0.15) is 18.3 Å². The van der Waals surface area contributed by atoms with Crippen molar-refractivity contribution in [1.82, 2.24) is 14.7 Å². The summed E-state index contributed by atoms with van der Waals surface area (Å²) in [6.45, 7) is 1.88. The molecule has 1 saturated heterocycles. The van der Waals surface area contributed by atoms with Gasteiger partial charge in [-0.25, -0.2) is 4.68 Å². The van der Waals surface area contributed by atoms with E-state index in [4.69, 9.17) is 9.47 Å². The van der Waals surface area contributed by atoms with Crippen LogP contribution in [0.5, 0.6) is 11.5 Å². The SMILES string of the molecule is O=C(c1ccc2c(c1)OCCO2)C1CCN(Cn2nc(C3CC3)cc(C(F)(F)F)c2=O)CC1. The highest BCUT2D eigenvalue weighted by Gasteiger charge is 2.38. The average molecular weight is 463 g/mol. The maximum Gasteiger partial charge on any atom is 0.421 e. The minimum atomic E-state index is -4.71. The number of alkyl halides is 3. The van der Waals surface area contributed by atoms with Crippen molar-refractivity contribution in [3.8, 4) is 11.5 Å². The van der Waals surface area contributed by atoms with Crippen LogP contribution in [0.4, 0.5) is 13.2 Å². The Morgan fingerprint density at radius 2 is 1.73 bits per heavy atom. The number of aromatic nitrogens is 2. The highest BCUT2D eigenvalue weighted by atomic mass is 19.4. The van der Waals surface area contributed by atoms with Crippen LogP contribution in [0.1, 0.15) is 53.2 Å². The van der Waals surface area contributed by atoms with Crippen LogP contribution in [0.25, 0.3) is 0 Å². The quantitative estimate of drug-likeness (QED) is 0.633. The molecule has 1 aromatic carbocycles. The van der Waals surface area contributed by atoms with Crippen molar-refractivity contribution in [3.05, 3.63) is 51.4 Å². The number of halogens is 3. The van der Waals surface area contributed by atoms with E-state index >= 15 is 0 Å². The minimum absolute atomic E-state index is 0.00712. The molecule has 0 bridgehead atoms. The lowest BCUT2D eigenvalue weighted by molar-refractivity contribution is -0.139. The number of ketones is 1. The lowest BCUT2D eigenvalue weighted by atomic mass is 9.89. The first-order chi connectivity index (χ1) is 15.8. The van der Waals surface area contributed by atoms with Crippen LogP contribution in [0.15, 0.2) is 29.1 Å². The summed E-state index contributed by atoms with van der Waals surface area (Å²) in [6.07, 6.45) is -2.03. The van der Waals surface area contributed by atoms with E-state index in [-0.39, 0.29) is 24.3 Å². The van der Waals surface area contributed by atoms with Crippen LogP contribution in [0, 0.1) is 5.92 Å². The fourth-order valence-electron chi connectivity index (χ4n) is 4.40. The predicted octanol–water partition coefficient (Wildman–Crippen LogP) is 3.46. The zero-order valence-electron chi connectivity index (χ0n) is 17.9. The van der Waals surface area contributed by atoms with Gasteiger partial charge in [-0.15, -0.1) is 0 Å². The Balaban J connectivity index is 1.26. The van der Waals surface area contributed by atoms with Crippen molar-refractivity contribution in [2.24, 2.45) is 5.92 Å². The molecule has 1 aromatic heterocycles. The first-order valence-electron chi connectivity index (χ1n) is 11.1. The van der Waals surface area contributed by atoms with E-state index in [1.54, 1.807) is 18.2 Å². The molecule has 3 heterocycles. The molecule has 10 heteroatoms. The first-order valence-corrected chi connectivity index (χ1v) is 11.1. The van der Waals surface area contributed by atoms with Gasteiger partial charge in [0, 0.05) is 30.5 Å². The number of rotatable bonds is 5. The fraction of sp³-hybridized carbons (Fsp3) is 0.522. The van der Waals surface area contributed by atoms with Gasteiger partial charge >= 0.3 is 6.18 Å². The van der Waals surface area contributed by atoms with Crippen LogP contribution in [-0.2, 0) is 12.8 Å². The zero-order valence-corrected chi connectivity index (χ0v) is 17.9. The maximum absolute atomic E-state index is 13.4. The number of carbonyl (C=O) groups is 1. The van der Waals surface area contributed by atoms with E-state index in [0.717, 1.165) is 23.6 Å². The second-order valence-electron chi connectivity index (χ2n) is 8.82. The molecular weight excluding hydrogens is 439 g/mol. The Labute approximate surface area is 188 Å². The monoisotopic (exact) mass is 463 g/mol. The van der Waals surface area contributed by atoms with Crippen molar-refractivity contribution >= 4 is 5.78 Å². The van der Waals surface area contributed by atoms with Gasteiger partial charge in [0.2, 0.25) is 0 Å². The number of piperidine rings is 1. The number of fused-ring (bicyclic) bond motifs is 1. The van der Waals surface area contributed by atoms with Gasteiger partial charge in [0.15, 0.2) is 17.3 Å². The van der Waals surface area contributed by atoms with Crippen molar-refractivity contribution in [1.29, 1.82) is 0 Å². The molecule has 0 spiro atoms. The lowest BCUT2D eigenvalue weighted by Gasteiger charge is -2.31. The number of Topliss-reactive ketones (excluding diaryl/α,β-unsaturated/α-hetero) is 1. The molecule has 2 aliphatic heterocycles. The summed E-state index contributed by atoms with van der Waals surface area (Å²) in [5.41, 5.74) is -1.41. The van der Waals surface area contributed by atoms with Gasteiger partial charge in [-0.1, -0.05) is 0 Å². The van der Waals surface area contributed by atoms with Gasteiger partial charge in [0.25, 0.3) is 5.56 Å². The molecule has 2 fully saturated rings. The highest BCUT2D eigenvalue weighted by molar-refractivity contribution is 5.98. The number of hydrogen-bond acceptors (Lipinski definition) is 6. The Morgan fingerprint density at radius 3 is 2.39 bits per heavy atom. The van der Waals surface area contributed by atoms with Gasteiger partial charge in [0.05, 0.1) is 12.4 Å². The number of likely N-dealkylation sites (tertiary alicyclic amines) is 1. The van der Waals surface area contributed by atoms with Crippen LogP contribution >= 0.6 is 0 Å². The summed E-state index contributed by atoms with van der Waals surface area (Å²) in [7, 11) is 0.